The summed E-state index contributed by atoms with van der Waals surface area (Å²) in [5.41, 5.74) is 0. The molecule has 1 unspecified atom stereocenters. The van der Waals surface area contributed by atoms with E-state index in [1.807, 2.05) is 6.92 Å². The van der Waals surface area contributed by atoms with Crippen LogP contribution in [0, 0.1) is 0 Å². The van der Waals surface area contributed by atoms with Crippen LogP contribution < -0.4 is 0 Å². The van der Waals surface area contributed by atoms with E-state index in [2.05, 4.69) is 0 Å². The smallest absolute Gasteiger partial charge is 0.375 e. The Morgan fingerprint density at radius 1 is 1.57 bits per heavy atom. The molecule has 0 radical (unpaired) electrons. The number of nitrogens with zero attached hydrogens (tertiary/aromatic N) is 1. The van der Waals surface area contributed by atoms with Gasteiger partial charge in [-0.2, -0.15) is 8.78 Å². The van der Waals surface area contributed by atoms with Gasteiger partial charge in [-0.15, -0.1) is 0 Å². The molecule has 3 nitrogen and oxygen atoms in total. The molecule has 1 saturated heterocycles. The van der Waals surface area contributed by atoms with Crippen molar-refractivity contribution < 1.29 is 18.7 Å². The lowest BCUT2D eigenvalue weighted by Gasteiger charge is -2.34. The Balaban J connectivity index is 2.53. The van der Waals surface area contributed by atoms with Crippen molar-refractivity contribution in [1.29, 1.82) is 0 Å². The number of likely N-dealkylation sites (tertiary alicyclic amines) is 1. The second-order valence-corrected chi connectivity index (χ2v) is 3.82. The predicted molar refractivity (Wildman–Crippen MR) is 47.5 cm³/mol. The maximum absolute atomic E-state index is 12.9. The summed E-state index contributed by atoms with van der Waals surface area (Å²) in [7, 11) is 0. The Morgan fingerprint density at radius 3 is 2.71 bits per heavy atom. The molecule has 1 atom stereocenters. The lowest BCUT2D eigenvalue weighted by molar-refractivity contribution is -0.168. The summed E-state index contributed by atoms with van der Waals surface area (Å²) in [6.45, 7) is 1.77. The number of carbonyl (C=O) groups is 1. The minimum absolute atomic E-state index is 0.0639. The van der Waals surface area contributed by atoms with Gasteiger partial charge in [-0.1, -0.05) is 6.42 Å². The van der Waals surface area contributed by atoms with Crippen molar-refractivity contribution in [3.8, 4) is 0 Å². The number of carboxylic acid groups (broad SMARTS) is 1. The van der Waals surface area contributed by atoms with Crippen molar-refractivity contribution in [1.82, 2.24) is 4.90 Å². The standard InChI is InChI=1S/C9H15F2NO2/c1-7-4-2-3-5-12(7)6-9(10,11)8(13)14/h7H,2-6H2,1H3,(H,13,14). The van der Waals surface area contributed by atoms with Crippen molar-refractivity contribution in [2.75, 3.05) is 13.1 Å². The Morgan fingerprint density at radius 2 is 2.21 bits per heavy atom. The topological polar surface area (TPSA) is 40.5 Å². The van der Waals surface area contributed by atoms with E-state index in [-0.39, 0.29) is 6.04 Å². The average molecular weight is 207 g/mol. The Hall–Kier alpha value is -0.710. The van der Waals surface area contributed by atoms with Crippen LogP contribution in [0.25, 0.3) is 0 Å². The Kier molecular flexibility index (Phi) is 3.42. The highest BCUT2D eigenvalue weighted by Gasteiger charge is 2.41. The van der Waals surface area contributed by atoms with Crippen LogP contribution in [0.4, 0.5) is 8.78 Å². The maximum Gasteiger partial charge on any atom is 0.375 e. The molecule has 0 aromatic rings. The SMILES string of the molecule is CC1CCCCN1CC(F)(F)C(=O)O. The van der Waals surface area contributed by atoms with Gasteiger partial charge in [0, 0.05) is 6.04 Å². The van der Waals surface area contributed by atoms with Crippen LogP contribution in [-0.4, -0.2) is 41.0 Å². The molecule has 82 valence electrons. The van der Waals surface area contributed by atoms with E-state index in [0.717, 1.165) is 19.3 Å². The average Bonchev–Trinajstić information content (AvgIpc) is 2.08. The van der Waals surface area contributed by atoms with Gasteiger partial charge < -0.3 is 5.11 Å². The van der Waals surface area contributed by atoms with Crippen molar-refractivity contribution in [2.24, 2.45) is 0 Å². The normalized spacial score (nSPS) is 24.9. The number of hydrogen-bond donors (Lipinski definition) is 1. The highest BCUT2D eigenvalue weighted by Crippen LogP contribution is 2.22. The molecule has 1 aliphatic heterocycles. The lowest BCUT2D eigenvalue weighted by Crippen LogP contribution is -2.47. The summed E-state index contributed by atoms with van der Waals surface area (Å²) < 4.78 is 25.7. The highest BCUT2D eigenvalue weighted by molar-refractivity contribution is 5.75. The van der Waals surface area contributed by atoms with Crippen LogP contribution >= 0.6 is 0 Å². The van der Waals surface area contributed by atoms with E-state index in [1.54, 1.807) is 4.90 Å². The van der Waals surface area contributed by atoms with E-state index in [9.17, 15) is 13.6 Å². The van der Waals surface area contributed by atoms with Gasteiger partial charge in [0.15, 0.2) is 0 Å². The first-order valence-electron chi connectivity index (χ1n) is 4.79. The molecule has 0 amide bonds. The molecule has 1 fully saturated rings. The van der Waals surface area contributed by atoms with Gasteiger partial charge in [0.1, 0.15) is 0 Å². The molecule has 1 heterocycles. The summed E-state index contributed by atoms with van der Waals surface area (Å²) in [6, 6.07) is 0.0639. The fourth-order valence-corrected chi connectivity index (χ4v) is 1.72. The number of hydrogen-bond acceptors (Lipinski definition) is 2. The van der Waals surface area contributed by atoms with Crippen LogP contribution in [0.1, 0.15) is 26.2 Å². The third-order valence-corrected chi connectivity index (χ3v) is 2.66. The minimum Gasteiger partial charge on any atom is -0.477 e. The Labute approximate surface area is 81.7 Å². The number of alkyl halides is 2. The third-order valence-electron chi connectivity index (χ3n) is 2.66. The third kappa shape index (κ3) is 2.64. The summed E-state index contributed by atoms with van der Waals surface area (Å²) in [5.74, 6) is -5.65. The van der Waals surface area contributed by atoms with Crippen LogP contribution in [0.3, 0.4) is 0 Å². The zero-order chi connectivity index (χ0) is 10.8. The summed E-state index contributed by atoms with van der Waals surface area (Å²) in [4.78, 5) is 11.8. The highest BCUT2D eigenvalue weighted by atomic mass is 19.3. The van der Waals surface area contributed by atoms with Crippen molar-refractivity contribution in [3.63, 3.8) is 0 Å². The number of halogens is 2. The fraction of sp³-hybridized carbons (Fsp3) is 0.889. The molecule has 1 aliphatic rings. The van der Waals surface area contributed by atoms with Gasteiger partial charge in [0.2, 0.25) is 0 Å². The van der Waals surface area contributed by atoms with Crippen LogP contribution in [0.2, 0.25) is 0 Å². The number of carboxylic acids is 1. The second-order valence-electron chi connectivity index (χ2n) is 3.82. The predicted octanol–water partition coefficient (Wildman–Crippen LogP) is 1.58. The van der Waals surface area contributed by atoms with E-state index in [0.29, 0.717) is 6.54 Å². The van der Waals surface area contributed by atoms with E-state index in [1.165, 1.54) is 0 Å². The van der Waals surface area contributed by atoms with Gasteiger partial charge >= 0.3 is 11.9 Å². The summed E-state index contributed by atoms with van der Waals surface area (Å²) in [6.07, 6.45) is 2.78. The van der Waals surface area contributed by atoms with Gasteiger partial charge in [-0.05, 0) is 26.3 Å². The molecular weight excluding hydrogens is 192 g/mol. The van der Waals surface area contributed by atoms with E-state index in [4.69, 9.17) is 5.11 Å². The Bertz CT molecular complexity index is 221. The zero-order valence-corrected chi connectivity index (χ0v) is 8.17. The van der Waals surface area contributed by atoms with Crippen LogP contribution in [0.5, 0.6) is 0 Å². The lowest BCUT2D eigenvalue weighted by atomic mass is 10.0. The largest absolute Gasteiger partial charge is 0.477 e. The first-order chi connectivity index (χ1) is 6.43. The molecule has 14 heavy (non-hydrogen) atoms. The maximum atomic E-state index is 12.9. The quantitative estimate of drug-likeness (QED) is 0.763. The van der Waals surface area contributed by atoms with E-state index >= 15 is 0 Å². The van der Waals surface area contributed by atoms with Gasteiger partial charge in [0.05, 0.1) is 6.54 Å². The number of aliphatic carboxylic acids is 1. The molecule has 1 rings (SSSR count). The molecule has 0 aliphatic carbocycles. The van der Waals surface area contributed by atoms with Gasteiger partial charge in [0.25, 0.3) is 0 Å². The van der Waals surface area contributed by atoms with Crippen molar-refractivity contribution in [3.05, 3.63) is 0 Å². The first kappa shape index (κ1) is 11.4. The van der Waals surface area contributed by atoms with Crippen molar-refractivity contribution in [2.45, 2.75) is 38.2 Å². The molecule has 5 heteroatoms. The van der Waals surface area contributed by atoms with Gasteiger partial charge in [-0.3, -0.25) is 4.90 Å². The molecule has 0 spiro atoms. The zero-order valence-electron chi connectivity index (χ0n) is 8.17. The summed E-state index contributed by atoms with van der Waals surface area (Å²) in [5, 5.41) is 8.28. The van der Waals surface area contributed by atoms with Crippen LogP contribution in [0.15, 0.2) is 0 Å². The molecule has 0 saturated carbocycles. The molecule has 0 aromatic carbocycles. The summed E-state index contributed by atoms with van der Waals surface area (Å²) >= 11 is 0. The van der Waals surface area contributed by atoms with Crippen molar-refractivity contribution >= 4 is 5.97 Å². The molecule has 0 aromatic heterocycles. The number of piperidine rings is 1. The monoisotopic (exact) mass is 207 g/mol. The van der Waals surface area contributed by atoms with Gasteiger partial charge in [-0.25, -0.2) is 4.79 Å². The van der Waals surface area contributed by atoms with Crippen LogP contribution in [-0.2, 0) is 4.79 Å². The number of rotatable bonds is 3. The van der Waals surface area contributed by atoms with E-state index < -0.39 is 18.4 Å². The first-order valence-corrected chi connectivity index (χ1v) is 4.79. The molecule has 1 N–H and O–H groups in total. The second kappa shape index (κ2) is 4.21. The molecular formula is C9H15F2NO2. The fourth-order valence-electron chi connectivity index (χ4n) is 1.72. The minimum atomic E-state index is -3.62. The molecule has 0 bridgehead atoms.